The van der Waals surface area contributed by atoms with Crippen LogP contribution in [-0.2, 0) is 16.5 Å². The third-order valence-electron chi connectivity index (χ3n) is 4.90. The number of hydrogen-bond donors (Lipinski definition) is 0. The molecule has 0 fully saturated rings. The van der Waals surface area contributed by atoms with Crippen LogP contribution in [0.25, 0.3) is 0 Å². The maximum Gasteiger partial charge on any atom is 0.125 e. The van der Waals surface area contributed by atoms with Crippen molar-refractivity contribution in [3.8, 4) is 0 Å². The molecule has 4 rings (SSSR count). The monoisotopic (exact) mass is 459 g/mol. The summed E-state index contributed by atoms with van der Waals surface area (Å²) in [7, 11) is 0. The molecule has 0 bridgehead atoms. The van der Waals surface area contributed by atoms with Gasteiger partial charge < -0.3 is 0 Å². The number of hydrogen-bond acceptors (Lipinski definition) is 1. The Labute approximate surface area is 167 Å². The predicted molar refractivity (Wildman–Crippen MR) is 113 cm³/mol. The Bertz CT molecular complexity index is 863. The van der Waals surface area contributed by atoms with Crippen LogP contribution in [0, 0.1) is 0 Å². The van der Waals surface area contributed by atoms with E-state index in [0.29, 0.717) is 0 Å². The van der Waals surface area contributed by atoms with Crippen LogP contribution in [0.1, 0.15) is 22.3 Å². The molecule has 1 heterocycles. The minimum Gasteiger partial charge on any atom is -0.277 e. The Hall–Kier alpha value is -1.36. The van der Waals surface area contributed by atoms with Crippen molar-refractivity contribution < 1.29 is 0 Å². The number of benzene rings is 3. The van der Waals surface area contributed by atoms with Gasteiger partial charge >= 0.3 is 0 Å². The Morgan fingerprint density at radius 3 is 2.32 bits per heavy atom. The van der Waals surface area contributed by atoms with E-state index in [1.54, 1.807) is 0 Å². The molecule has 126 valence electrons. The van der Waals surface area contributed by atoms with Gasteiger partial charge in [-0.05, 0) is 40.8 Å². The lowest BCUT2D eigenvalue weighted by Crippen LogP contribution is -2.46. The lowest BCUT2D eigenvalue weighted by molar-refractivity contribution is 0.190. The number of rotatable bonds is 3. The van der Waals surface area contributed by atoms with E-state index in [-0.39, 0.29) is 3.55 Å². The van der Waals surface area contributed by atoms with E-state index in [1.807, 2.05) is 12.1 Å². The highest BCUT2D eigenvalue weighted by Crippen LogP contribution is 2.47. The summed E-state index contributed by atoms with van der Waals surface area (Å²) in [5.41, 5.74) is 5.45. The van der Waals surface area contributed by atoms with Gasteiger partial charge in [0, 0.05) is 18.1 Å². The van der Waals surface area contributed by atoms with Gasteiger partial charge in [-0.15, -0.1) is 0 Å². The van der Waals surface area contributed by atoms with Crippen LogP contribution in [0.5, 0.6) is 0 Å². The summed E-state index contributed by atoms with van der Waals surface area (Å²) in [5.74, 6) is 0. The highest BCUT2D eigenvalue weighted by Gasteiger charge is 2.41. The fourth-order valence-corrected chi connectivity index (χ4v) is 5.07. The molecule has 1 nitrogen and oxygen atoms in total. The third-order valence-corrected chi connectivity index (χ3v) is 7.04. The van der Waals surface area contributed by atoms with Gasteiger partial charge in [0.25, 0.3) is 0 Å². The quantitative estimate of drug-likeness (QED) is 0.262. The minimum absolute atomic E-state index is 0.187. The Morgan fingerprint density at radius 1 is 0.880 bits per heavy atom. The molecule has 3 heteroatoms. The summed E-state index contributed by atoms with van der Waals surface area (Å²) in [6.07, 6.45) is 1.08. The van der Waals surface area contributed by atoms with Gasteiger partial charge in [-0.2, -0.15) is 0 Å². The second kappa shape index (κ2) is 7.10. The largest absolute Gasteiger partial charge is 0.277 e. The molecule has 0 spiro atoms. The molecule has 0 N–H and O–H groups in total. The van der Waals surface area contributed by atoms with E-state index < -0.39 is 0 Å². The lowest BCUT2D eigenvalue weighted by Gasteiger charge is -2.45. The molecule has 1 aliphatic rings. The zero-order chi connectivity index (χ0) is 17.3. The third kappa shape index (κ3) is 3.23. The second-order valence-corrected chi connectivity index (χ2v) is 8.44. The molecular weight excluding hydrogens is 441 g/mol. The summed E-state index contributed by atoms with van der Waals surface area (Å²) in [4.78, 5) is 2.58. The summed E-state index contributed by atoms with van der Waals surface area (Å²) in [5, 5.41) is 0.780. The molecule has 0 aromatic heterocycles. The molecule has 1 unspecified atom stereocenters. The maximum absolute atomic E-state index is 6.15. The van der Waals surface area contributed by atoms with Gasteiger partial charge in [0.1, 0.15) is 3.55 Å². The highest BCUT2D eigenvalue weighted by molar-refractivity contribution is 14.1. The first kappa shape index (κ1) is 17.1. The minimum atomic E-state index is -0.187. The second-order valence-electron chi connectivity index (χ2n) is 6.44. The smallest absolute Gasteiger partial charge is 0.125 e. The standard InChI is InChI=1S/C22H19ClIN/c23-20-12-10-19(11-13-20)22(24)21-9-5-4-8-18(21)14-15-25(22)16-17-6-2-1-3-7-17/h1-13H,14-16H2. The SMILES string of the molecule is Clc1ccc(C2(I)c3ccccc3CCN2Cc2ccccc2)cc1. The molecule has 0 aliphatic carbocycles. The first-order chi connectivity index (χ1) is 12.2. The van der Waals surface area contributed by atoms with Crippen LogP contribution in [0.15, 0.2) is 78.9 Å². The van der Waals surface area contributed by atoms with Gasteiger partial charge in [0.15, 0.2) is 0 Å². The maximum atomic E-state index is 6.15. The van der Waals surface area contributed by atoms with Gasteiger partial charge in [-0.25, -0.2) is 0 Å². The first-order valence-electron chi connectivity index (χ1n) is 8.50. The van der Waals surface area contributed by atoms with E-state index in [4.69, 9.17) is 11.6 Å². The molecule has 0 amide bonds. The van der Waals surface area contributed by atoms with Crippen molar-refractivity contribution in [1.29, 1.82) is 0 Å². The van der Waals surface area contributed by atoms with Crippen molar-refractivity contribution in [2.45, 2.75) is 16.5 Å². The van der Waals surface area contributed by atoms with Gasteiger partial charge in [0.05, 0.1) is 0 Å². The summed E-state index contributed by atoms with van der Waals surface area (Å²) in [6.45, 7) is 1.97. The number of alkyl halides is 1. The van der Waals surface area contributed by atoms with Crippen LogP contribution in [0.4, 0.5) is 0 Å². The van der Waals surface area contributed by atoms with Gasteiger partial charge in [0.2, 0.25) is 0 Å². The van der Waals surface area contributed by atoms with Crippen molar-refractivity contribution in [1.82, 2.24) is 4.90 Å². The van der Waals surface area contributed by atoms with E-state index in [1.165, 1.54) is 22.3 Å². The summed E-state index contributed by atoms with van der Waals surface area (Å²) >= 11 is 8.78. The molecule has 1 aliphatic heterocycles. The molecule has 25 heavy (non-hydrogen) atoms. The zero-order valence-corrected chi connectivity index (χ0v) is 16.7. The topological polar surface area (TPSA) is 3.24 Å². The van der Waals surface area contributed by atoms with E-state index in [0.717, 1.165) is 24.5 Å². The van der Waals surface area contributed by atoms with Crippen molar-refractivity contribution in [3.63, 3.8) is 0 Å². The van der Waals surface area contributed by atoms with Crippen LogP contribution in [0.2, 0.25) is 5.02 Å². The van der Waals surface area contributed by atoms with E-state index in [9.17, 15) is 0 Å². The highest BCUT2D eigenvalue weighted by atomic mass is 127. The summed E-state index contributed by atoms with van der Waals surface area (Å²) < 4.78 is -0.187. The van der Waals surface area contributed by atoms with E-state index in [2.05, 4.69) is 94.2 Å². The van der Waals surface area contributed by atoms with Crippen LogP contribution in [0.3, 0.4) is 0 Å². The lowest BCUT2D eigenvalue weighted by atomic mass is 9.88. The normalized spacial score (nSPS) is 20.2. The molecule has 1 atom stereocenters. The molecule has 0 radical (unpaired) electrons. The first-order valence-corrected chi connectivity index (χ1v) is 9.96. The molecular formula is C22H19ClIN. The van der Waals surface area contributed by atoms with Crippen LogP contribution in [-0.4, -0.2) is 11.4 Å². The molecule has 3 aromatic rings. The Morgan fingerprint density at radius 2 is 1.56 bits per heavy atom. The van der Waals surface area contributed by atoms with Crippen molar-refractivity contribution in [3.05, 3.63) is 106 Å². The predicted octanol–water partition coefficient (Wildman–Crippen LogP) is 6.03. The van der Waals surface area contributed by atoms with Crippen molar-refractivity contribution >= 4 is 34.2 Å². The van der Waals surface area contributed by atoms with Crippen LogP contribution >= 0.6 is 34.2 Å². The van der Waals surface area contributed by atoms with Crippen molar-refractivity contribution in [2.75, 3.05) is 6.54 Å². The average Bonchev–Trinajstić information content (AvgIpc) is 2.66. The fourth-order valence-electron chi connectivity index (χ4n) is 3.64. The number of nitrogens with zero attached hydrogens (tertiary/aromatic N) is 1. The van der Waals surface area contributed by atoms with Gasteiger partial charge in [-0.1, -0.05) is 101 Å². The summed E-state index contributed by atoms with van der Waals surface area (Å²) in [6, 6.07) is 27.9. The molecule has 0 saturated carbocycles. The molecule has 3 aromatic carbocycles. The Kier molecular flexibility index (Phi) is 4.85. The zero-order valence-electron chi connectivity index (χ0n) is 13.8. The Balaban J connectivity index is 1.82. The molecule has 0 saturated heterocycles. The number of fused-ring (bicyclic) bond motifs is 1. The van der Waals surface area contributed by atoms with Gasteiger partial charge in [-0.3, -0.25) is 4.90 Å². The number of halogens is 2. The average molecular weight is 460 g/mol. The van der Waals surface area contributed by atoms with Crippen LogP contribution < -0.4 is 0 Å². The fraction of sp³-hybridized carbons (Fsp3) is 0.182. The van der Waals surface area contributed by atoms with Crippen molar-refractivity contribution in [2.24, 2.45) is 0 Å². The van der Waals surface area contributed by atoms with E-state index >= 15 is 0 Å².